The number of hydrogen-bond acceptors (Lipinski definition) is 2. The van der Waals surface area contributed by atoms with Crippen molar-refractivity contribution >= 4 is 23.2 Å². The molecule has 1 N–H and O–H groups in total. The number of rotatable bonds is 5. The highest BCUT2D eigenvalue weighted by atomic mass is 35.5. The SMILES string of the molecule is CC(C)Oc1c(Cl)cc(CNC23CC4CC(CC(C4)C2)C3)cc1Cl. The van der Waals surface area contributed by atoms with E-state index in [0.29, 0.717) is 21.3 Å². The lowest BCUT2D eigenvalue weighted by atomic mass is 9.53. The average Bonchev–Trinajstić information content (AvgIpc) is 2.47. The standard InChI is InChI=1S/C20H27Cl2NO/c1-12(2)24-19-17(21)6-16(7-18(19)22)11-23-20-8-13-3-14(9-20)5-15(4-13)10-20/h6-7,12-15,23H,3-5,8-11H2,1-2H3. The highest BCUT2D eigenvalue weighted by Crippen LogP contribution is 2.55. The first-order valence-electron chi connectivity index (χ1n) is 9.32. The molecule has 2 nitrogen and oxygen atoms in total. The zero-order chi connectivity index (χ0) is 16.9. The van der Waals surface area contributed by atoms with Crippen molar-refractivity contribution in [2.45, 2.75) is 70.6 Å². The Morgan fingerprint density at radius 3 is 2.00 bits per heavy atom. The number of ether oxygens (including phenoxy) is 1. The van der Waals surface area contributed by atoms with Crippen molar-refractivity contribution in [3.8, 4) is 5.75 Å². The fourth-order valence-corrected chi connectivity index (χ4v) is 6.30. The van der Waals surface area contributed by atoms with Crippen molar-refractivity contribution in [2.24, 2.45) is 17.8 Å². The Morgan fingerprint density at radius 1 is 1.04 bits per heavy atom. The van der Waals surface area contributed by atoms with Crippen LogP contribution in [0.4, 0.5) is 0 Å². The van der Waals surface area contributed by atoms with Crippen LogP contribution in [0.25, 0.3) is 0 Å². The van der Waals surface area contributed by atoms with Gasteiger partial charge in [-0.1, -0.05) is 23.2 Å². The summed E-state index contributed by atoms with van der Waals surface area (Å²) >= 11 is 12.8. The second-order valence-electron chi connectivity index (χ2n) is 8.61. The van der Waals surface area contributed by atoms with E-state index < -0.39 is 0 Å². The van der Waals surface area contributed by atoms with Gasteiger partial charge in [0, 0.05) is 12.1 Å². The molecule has 0 aromatic heterocycles. The molecule has 1 aromatic carbocycles. The highest BCUT2D eigenvalue weighted by molar-refractivity contribution is 6.37. The van der Waals surface area contributed by atoms with Gasteiger partial charge in [-0.2, -0.15) is 0 Å². The van der Waals surface area contributed by atoms with Crippen LogP contribution in [0.2, 0.25) is 10.0 Å². The van der Waals surface area contributed by atoms with E-state index in [4.69, 9.17) is 27.9 Å². The summed E-state index contributed by atoms with van der Waals surface area (Å²) in [6.07, 6.45) is 8.55. The van der Waals surface area contributed by atoms with Gasteiger partial charge in [0.2, 0.25) is 0 Å². The lowest BCUT2D eigenvalue weighted by molar-refractivity contribution is -0.0206. The third-order valence-electron chi connectivity index (χ3n) is 6.12. The quantitative estimate of drug-likeness (QED) is 0.705. The van der Waals surface area contributed by atoms with Crippen molar-refractivity contribution in [3.63, 3.8) is 0 Å². The Labute approximate surface area is 155 Å². The summed E-state index contributed by atoms with van der Waals surface area (Å²) in [6.45, 7) is 4.80. The molecule has 0 atom stereocenters. The second-order valence-corrected chi connectivity index (χ2v) is 9.42. The Balaban J connectivity index is 1.46. The van der Waals surface area contributed by atoms with Crippen LogP contribution >= 0.6 is 23.2 Å². The van der Waals surface area contributed by atoms with Gasteiger partial charge in [0.25, 0.3) is 0 Å². The highest BCUT2D eigenvalue weighted by Gasteiger charge is 2.50. The molecule has 0 radical (unpaired) electrons. The Hall–Kier alpha value is -0.440. The fraction of sp³-hybridized carbons (Fsp3) is 0.700. The smallest absolute Gasteiger partial charge is 0.156 e. The van der Waals surface area contributed by atoms with Gasteiger partial charge >= 0.3 is 0 Å². The summed E-state index contributed by atoms with van der Waals surface area (Å²) in [5.74, 6) is 3.47. The molecule has 0 amide bonds. The van der Waals surface area contributed by atoms with Crippen molar-refractivity contribution < 1.29 is 4.74 Å². The van der Waals surface area contributed by atoms with Gasteiger partial charge in [-0.05, 0) is 87.8 Å². The van der Waals surface area contributed by atoms with Gasteiger partial charge in [0.15, 0.2) is 5.75 Å². The third-order valence-corrected chi connectivity index (χ3v) is 6.68. The van der Waals surface area contributed by atoms with Crippen LogP contribution in [-0.4, -0.2) is 11.6 Å². The monoisotopic (exact) mass is 367 g/mol. The summed E-state index contributed by atoms with van der Waals surface area (Å²) in [7, 11) is 0. The summed E-state index contributed by atoms with van der Waals surface area (Å²) in [6, 6.07) is 4.00. The maximum absolute atomic E-state index is 6.40. The third kappa shape index (κ3) is 3.30. The van der Waals surface area contributed by atoms with Gasteiger partial charge in [-0.3, -0.25) is 0 Å². The normalized spacial score (nSPS) is 34.1. The molecule has 4 fully saturated rings. The molecular formula is C20H27Cl2NO. The zero-order valence-corrected chi connectivity index (χ0v) is 16.1. The van der Waals surface area contributed by atoms with Crippen molar-refractivity contribution in [2.75, 3.05) is 0 Å². The molecule has 0 unspecified atom stereocenters. The van der Waals surface area contributed by atoms with E-state index in [0.717, 1.165) is 29.9 Å². The zero-order valence-electron chi connectivity index (χ0n) is 14.6. The minimum atomic E-state index is 0.0657. The van der Waals surface area contributed by atoms with Crippen LogP contribution in [0.1, 0.15) is 57.9 Å². The van der Waals surface area contributed by atoms with E-state index in [9.17, 15) is 0 Å². The van der Waals surface area contributed by atoms with Gasteiger partial charge in [0.1, 0.15) is 0 Å². The lowest BCUT2D eigenvalue weighted by Crippen LogP contribution is -2.58. The van der Waals surface area contributed by atoms with Crippen molar-refractivity contribution in [1.29, 1.82) is 0 Å². The molecule has 4 bridgehead atoms. The first kappa shape index (κ1) is 17.0. The Kier molecular flexibility index (Phi) is 4.51. The maximum Gasteiger partial charge on any atom is 0.156 e. The maximum atomic E-state index is 6.40. The first-order valence-corrected chi connectivity index (χ1v) is 10.1. The van der Waals surface area contributed by atoms with E-state index >= 15 is 0 Å². The Morgan fingerprint density at radius 2 is 1.54 bits per heavy atom. The predicted octanol–water partition coefficient (Wildman–Crippen LogP) is 5.84. The fourth-order valence-electron chi connectivity index (χ4n) is 5.68. The van der Waals surface area contributed by atoms with Crippen LogP contribution in [-0.2, 0) is 6.54 Å². The van der Waals surface area contributed by atoms with E-state index in [-0.39, 0.29) is 6.10 Å². The minimum absolute atomic E-state index is 0.0657. The van der Waals surface area contributed by atoms with Crippen LogP contribution in [0.5, 0.6) is 5.75 Å². The molecule has 4 saturated carbocycles. The van der Waals surface area contributed by atoms with Gasteiger partial charge in [0.05, 0.1) is 16.1 Å². The predicted molar refractivity (Wildman–Crippen MR) is 100.0 cm³/mol. The van der Waals surface area contributed by atoms with E-state index in [1.54, 1.807) is 0 Å². The van der Waals surface area contributed by atoms with E-state index in [2.05, 4.69) is 5.32 Å². The molecule has 24 heavy (non-hydrogen) atoms. The molecule has 0 spiro atoms. The summed E-state index contributed by atoms with van der Waals surface area (Å²) in [4.78, 5) is 0. The summed E-state index contributed by atoms with van der Waals surface area (Å²) < 4.78 is 5.72. The van der Waals surface area contributed by atoms with E-state index in [1.165, 1.54) is 38.5 Å². The number of nitrogens with one attached hydrogen (secondary N) is 1. The van der Waals surface area contributed by atoms with Gasteiger partial charge in [-0.15, -0.1) is 0 Å². The number of hydrogen-bond donors (Lipinski definition) is 1. The second kappa shape index (κ2) is 6.37. The molecule has 0 saturated heterocycles. The topological polar surface area (TPSA) is 21.3 Å². The van der Waals surface area contributed by atoms with E-state index in [1.807, 2.05) is 26.0 Å². The summed E-state index contributed by atoms with van der Waals surface area (Å²) in [5.41, 5.74) is 1.51. The molecule has 132 valence electrons. The van der Waals surface area contributed by atoms with Crippen LogP contribution in [0, 0.1) is 17.8 Å². The molecule has 5 rings (SSSR count). The summed E-state index contributed by atoms with van der Waals surface area (Å²) in [5, 5.41) is 5.12. The minimum Gasteiger partial charge on any atom is -0.488 e. The van der Waals surface area contributed by atoms with Crippen molar-refractivity contribution in [3.05, 3.63) is 27.7 Å². The molecular weight excluding hydrogens is 341 g/mol. The first-order chi connectivity index (χ1) is 11.4. The number of benzene rings is 1. The van der Waals surface area contributed by atoms with Crippen molar-refractivity contribution in [1.82, 2.24) is 5.32 Å². The molecule has 4 heteroatoms. The molecule has 1 aromatic rings. The molecule has 0 aliphatic heterocycles. The molecule has 4 aliphatic rings. The van der Waals surface area contributed by atoms with Crippen LogP contribution < -0.4 is 10.1 Å². The lowest BCUT2D eigenvalue weighted by Gasteiger charge is -2.57. The molecule has 0 heterocycles. The molecule has 4 aliphatic carbocycles. The number of halogens is 2. The van der Waals surface area contributed by atoms with Gasteiger partial charge < -0.3 is 10.1 Å². The van der Waals surface area contributed by atoms with Crippen LogP contribution in [0.15, 0.2) is 12.1 Å². The van der Waals surface area contributed by atoms with Crippen LogP contribution in [0.3, 0.4) is 0 Å². The van der Waals surface area contributed by atoms with Gasteiger partial charge in [-0.25, -0.2) is 0 Å². The average molecular weight is 368 g/mol. The largest absolute Gasteiger partial charge is 0.488 e. The Bertz CT molecular complexity index is 570.